The van der Waals surface area contributed by atoms with E-state index in [9.17, 15) is 4.79 Å². The molecule has 0 radical (unpaired) electrons. The fourth-order valence-corrected chi connectivity index (χ4v) is 2.86. The Balaban J connectivity index is 1.86. The lowest BCUT2D eigenvalue weighted by atomic mass is 9.70. The predicted octanol–water partition coefficient (Wildman–Crippen LogP) is 2.28. The van der Waals surface area contributed by atoms with E-state index in [2.05, 4.69) is 13.8 Å². The molecule has 2 atom stereocenters. The second-order valence-electron chi connectivity index (χ2n) is 6.15. The van der Waals surface area contributed by atoms with Gasteiger partial charge in [-0.3, -0.25) is 4.79 Å². The van der Waals surface area contributed by atoms with Crippen molar-refractivity contribution < 1.29 is 9.53 Å². The van der Waals surface area contributed by atoms with Crippen molar-refractivity contribution >= 4 is 5.78 Å². The van der Waals surface area contributed by atoms with Crippen molar-refractivity contribution in [3.63, 3.8) is 0 Å². The summed E-state index contributed by atoms with van der Waals surface area (Å²) in [5.41, 5.74) is 6.06. The minimum atomic E-state index is 0.0164. The quantitative estimate of drug-likeness (QED) is 0.819. The van der Waals surface area contributed by atoms with Crippen molar-refractivity contribution in [3.05, 3.63) is 0 Å². The van der Waals surface area contributed by atoms with E-state index in [0.717, 1.165) is 32.3 Å². The van der Waals surface area contributed by atoms with E-state index in [1.807, 2.05) is 0 Å². The van der Waals surface area contributed by atoms with Crippen LogP contribution in [-0.2, 0) is 9.53 Å². The van der Waals surface area contributed by atoms with Gasteiger partial charge in [0.05, 0.1) is 5.60 Å². The standard InChI is InChI=1S/C14H25NO2/c1-10(2)12(15)8-13(16)11-4-7-17-14(9-11)5-3-6-14/h10-12H,3-9,15H2,1-2H3. The Bertz CT molecular complexity index is 284. The van der Waals surface area contributed by atoms with Crippen LogP contribution in [0.1, 0.15) is 52.4 Å². The van der Waals surface area contributed by atoms with Gasteiger partial charge in [-0.2, -0.15) is 0 Å². The Morgan fingerprint density at radius 3 is 2.71 bits per heavy atom. The SMILES string of the molecule is CC(C)C(N)CC(=O)C1CCOC2(CCC2)C1. The molecule has 3 nitrogen and oxygen atoms in total. The molecule has 1 spiro atoms. The predicted molar refractivity (Wildman–Crippen MR) is 67.7 cm³/mol. The van der Waals surface area contributed by atoms with Gasteiger partial charge in [0.15, 0.2) is 0 Å². The third-order valence-corrected chi connectivity index (χ3v) is 4.51. The minimum Gasteiger partial charge on any atom is -0.375 e. The molecule has 0 aromatic rings. The van der Waals surface area contributed by atoms with Gasteiger partial charge in [-0.15, -0.1) is 0 Å². The first kappa shape index (κ1) is 13.0. The smallest absolute Gasteiger partial charge is 0.137 e. The Morgan fingerprint density at radius 1 is 1.47 bits per heavy atom. The highest BCUT2D eigenvalue weighted by atomic mass is 16.5. The number of hydrogen-bond donors (Lipinski definition) is 1. The van der Waals surface area contributed by atoms with Crippen molar-refractivity contribution in [2.45, 2.75) is 64.0 Å². The van der Waals surface area contributed by atoms with E-state index in [1.165, 1.54) is 6.42 Å². The number of ether oxygens (including phenoxy) is 1. The van der Waals surface area contributed by atoms with Gasteiger partial charge in [0.25, 0.3) is 0 Å². The van der Waals surface area contributed by atoms with Crippen molar-refractivity contribution in [2.24, 2.45) is 17.6 Å². The largest absolute Gasteiger partial charge is 0.375 e. The van der Waals surface area contributed by atoms with Gasteiger partial charge in [-0.05, 0) is 38.0 Å². The van der Waals surface area contributed by atoms with Crippen LogP contribution in [0.5, 0.6) is 0 Å². The van der Waals surface area contributed by atoms with E-state index in [0.29, 0.717) is 18.1 Å². The summed E-state index contributed by atoms with van der Waals surface area (Å²) >= 11 is 0. The first-order valence-electron chi connectivity index (χ1n) is 6.95. The van der Waals surface area contributed by atoms with Crippen molar-refractivity contribution in [3.8, 4) is 0 Å². The van der Waals surface area contributed by atoms with Crippen LogP contribution < -0.4 is 5.73 Å². The molecule has 3 heteroatoms. The summed E-state index contributed by atoms with van der Waals surface area (Å²) in [5, 5.41) is 0. The monoisotopic (exact) mass is 239 g/mol. The molecule has 2 aliphatic rings. The second kappa shape index (κ2) is 5.07. The zero-order valence-corrected chi connectivity index (χ0v) is 11.1. The highest BCUT2D eigenvalue weighted by molar-refractivity contribution is 5.81. The number of hydrogen-bond acceptors (Lipinski definition) is 3. The van der Waals surface area contributed by atoms with Crippen molar-refractivity contribution in [1.29, 1.82) is 0 Å². The topological polar surface area (TPSA) is 52.3 Å². The maximum Gasteiger partial charge on any atom is 0.137 e. The normalized spacial score (nSPS) is 29.1. The summed E-state index contributed by atoms with van der Waals surface area (Å²) in [6, 6.07) is 0.0164. The van der Waals surface area contributed by atoms with Crippen LogP contribution in [0.15, 0.2) is 0 Å². The van der Waals surface area contributed by atoms with Gasteiger partial charge in [-0.1, -0.05) is 13.8 Å². The number of ketones is 1. The molecule has 2 rings (SSSR count). The number of carbonyl (C=O) groups excluding carboxylic acids is 1. The van der Waals surface area contributed by atoms with Crippen LogP contribution in [0.2, 0.25) is 0 Å². The summed E-state index contributed by atoms with van der Waals surface area (Å²) in [6.45, 7) is 4.91. The molecule has 1 saturated heterocycles. The molecular formula is C14H25NO2. The zero-order chi connectivity index (χ0) is 12.5. The maximum absolute atomic E-state index is 12.2. The molecule has 0 bridgehead atoms. The molecule has 2 unspecified atom stereocenters. The molecule has 0 aromatic heterocycles. The first-order valence-corrected chi connectivity index (χ1v) is 6.95. The molecule has 1 heterocycles. The van der Waals surface area contributed by atoms with Crippen molar-refractivity contribution in [1.82, 2.24) is 0 Å². The molecule has 1 aliphatic carbocycles. The molecule has 1 saturated carbocycles. The zero-order valence-electron chi connectivity index (χ0n) is 11.1. The van der Waals surface area contributed by atoms with E-state index in [4.69, 9.17) is 10.5 Å². The molecular weight excluding hydrogens is 214 g/mol. The van der Waals surface area contributed by atoms with Gasteiger partial charge in [0.1, 0.15) is 5.78 Å². The Kier molecular flexibility index (Phi) is 3.88. The fourth-order valence-electron chi connectivity index (χ4n) is 2.86. The molecule has 17 heavy (non-hydrogen) atoms. The van der Waals surface area contributed by atoms with Crippen LogP contribution in [0.25, 0.3) is 0 Å². The number of nitrogens with two attached hydrogens (primary N) is 1. The van der Waals surface area contributed by atoms with E-state index in [1.54, 1.807) is 0 Å². The molecule has 2 fully saturated rings. The minimum absolute atomic E-state index is 0.0164. The third-order valence-electron chi connectivity index (χ3n) is 4.51. The van der Waals surface area contributed by atoms with E-state index in [-0.39, 0.29) is 17.6 Å². The highest BCUT2D eigenvalue weighted by Gasteiger charge is 2.44. The number of carbonyl (C=O) groups is 1. The number of Topliss-reactive ketones (excluding diaryl/α,β-unsaturated/α-hetero) is 1. The van der Waals surface area contributed by atoms with Crippen molar-refractivity contribution in [2.75, 3.05) is 6.61 Å². The van der Waals surface area contributed by atoms with Gasteiger partial charge in [0.2, 0.25) is 0 Å². The second-order valence-corrected chi connectivity index (χ2v) is 6.15. The Morgan fingerprint density at radius 2 is 2.18 bits per heavy atom. The Hall–Kier alpha value is -0.410. The maximum atomic E-state index is 12.2. The van der Waals surface area contributed by atoms with Crippen LogP contribution in [-0.4, -0.2) is 24.0 Å². The summed E-state index contributed by atoms with van der Waals surface area (Å²) in [5.74, 6) is 0.950. The number of rotatable bonds is 4. The molecule has 1 aliphatic heterocycles. The summed E-state index contributed by atoms with van der Waals surface area (Å²) in [7, 11) is 0. The lowest BCUT2D eigenvalue weighted by molar-refractivity contribution is -0.155. The van der Waals surface area contributed by atoms with E-state index >= 15 is 0 Å². The molecule has 0 aromatic carbocycles. The highest BCUT2D eigenvalue weighted by Crippen LogP contribution is 2.44. The van der Waals surface area contributed by atoms with Crippen LogP contribution in [0, 0.1) is 11.8 Å². The average molecular weight is 239 g/mol. The molecule has 2 N–H and O–H groups in total. The summed E-state index contributed by atoms with van der Waals surface area (Å²) < 4.78 is 5.85. The summed E-state index contributed by atoms with van der Waals surface area (Å²) in [4.78, 5) is 12.2. The van der Waals surface area contributed by atoms with Crippen LogP contribution in [0.4, 0.5) is 0 Å². The Labute approximate surface area is 104 Å². The van der Waals surface area contributed by atoms with E-state index < -0.39 is 0 Å². The lowest BCUT2D eigenvalue weighted by Crippen LogP contribution is -2.47. The van der Waals surface area contributed by atoms with Gasteiger partial charge < -0.3 is 10.5 Å². The third kappa shape index (κ3) is 2.89. The van der Waals surface area contributed by atoms with Crippen LogP contribution in [0.3, 0.4) is 0 Å². The summed E-state index contributed by atoms with van der Waals surface area (Å²) in [6.07, 6.45) is 5.92. The first-order chi connectivity index (χ1) is 8.02. The van der Waals surface area contributed by atoms with Gasteiger partial charge in [-0.25, -0.2) is 0 Å². The van der Waals surface area contributed by atoms with Crippen LogP contribution >= 0.6 is 0 Å². The molecule has 0 amide bonds. The fraction of sp³-hybridized carbons (Fsp3) is 0.929. The van der Waals surface area contributed by atoms with Gasteiger partial charge >= 0.3 is 0 Å². The lowest BCUT2D eigenvalue weighted by Gasteiger charge is -2.47. The average Bonchev–Trinajstić information content (AvgIpc) is 2.27. The van der Waals surface area contributed by atoms with Gasteiger partial charge in [0, 0.05) is 25.0 Å². The molecule has 98 valence electrons.